The van der Waals surface area contributed by atoms with Crippen molar-refractivity contribution >= 4 is 28.1 Å². The number of carbonyl (C=O) groups is 1. The van der Waals surface area contributed by atoms with Gasteiger partial charge in [0.05, 0.1) is 16.9 Å². The summed E-state index contributed by atoms with van der Waals surface area (Å²) in [5, 5.41) is 2.71. The molecule has 4 heterocycles. The molecule has 2 aromatic heterocycles. The maximum atomic E-state index is 13.2. The molecule has 6 heteroatoms. The second-order valence-electron chi connectivity index (χ2n) is 7.75. The van der Waals surface area contributed by atoms with Crippen molar-refractivity contribution in [2.24, 2.45) is 0 Å². The van der Waals surface area contributed by atoms with Crippen molar-refractivity contribution in [3.8, 4) is 0 Å². The van der Waals surface area contributed by atoms with Crippen LogP contribution in [0.1, 0.15) is 58.9 Å². The lowest BCUT2D eigenvalue weighted by atomic mass is 10.00. The molecule has 2 aliphatic heterocycles. The molecule has 3 aromatic rings. The Hall–Kier alpha value is -2.47. The zero-order chi connectivity index (χ0) is 19.3. The van der Waals surface area contributed by atoms with Crippen molar-refractivity contribution in [2.45, 2.75) is 51.6 Å². The number of fused-ring (bicyclic) bond motifs is 3. The smallest absolute Gasteiger partial charge is 0.261 e. The first-order valence-corrected chi connectivity index (χ1v) is 10.9. The third-order valence-electron chi connectivity index (χ3n) is 6.10. The Kier molecular flexibility index (Phi) is 4.31. The quantitative estimate of drug-likeness (QED) is 0.629. The largest absolute Gasteiger partial charge is 0.331 e. The average Bonchev–Trinajstić information content (AvgIpc) is 3.07. The fourth-order valence-electron chi connectivity index (χ4n) is 4.50. The molecule has 1 atom stereocenters. The number of hydrogen-bond donors (Lipinski definition) is 0. The van der Waals surface area contributed by atoms with Crippen molar-refractivity contribution in [3.63, 3.8) is 0 Å². The molecule has 1 aromatic carbocycles. The highest BCUT2D eigenvalue weighted by molar-refractivity contribution is 7.10. The molecular formula is C22H23N3O2S. The van der Waals surface area contributed by atoms with Crippen LogP contribution in [-0.2, 0) is 19.4 Å². The molecule has 0 saturated heterocycles. The molecule has 0 fully saturated rings. The molecule has 0 aliphatic carbocycles. The topological polar surface area (TPSA) is 55.2 Å². The van der Waals surface area contributed by atoms with Gasteiger partial charge in [0, 0.05) is 30.0 Å². The first kappa shape index (κ1) is 17.6. The lowest BCUT2D eigenvalue weighted by Crippen LogP contribution is -2.38. The molecule has 5 rings (SSSR count). The summed E-state index contributed by atoms with van der Waals surface area (Å²) in [6.07, 6.45) is 4.94. The molecule has 0 N–H and O–H groups in total. The van der Waals surface area contributed by atoms with Crippen molar-refractivity contribution in [1.82, 2.24) is 14.5 Å². The number of nitrogens with zero attached hydrogens (tertiary/aromatic N) is 3. The molecule has 144 valence electrons. The third-order valence-corrected chi connectivity index (χ3v) is 7.10. The van der Waals surface area contributed by atoms with Gasteiger partial charge in [-0.25, -0.2) is 4.98 Å². The van der Waals surface area contributed by atoms with Crippen molar-refractivity contribution in [1.29, 1.82) is 0 Å². The predicted octanol–water partition coefficient (Wildman–Crippen LogP) is 3.94. The van der Waals surface area contributed by atoms with E-state index in [-0.39, 0.29) is 17.5 Å². The fraction of sp³-hybridized carbons (Fsp3) is 0.409. The van der Waals surface area contributed by atoms with Crippen LogP contribution in [0.3, 0.4) is 0 Å². The van der Waals surface area contributed by atoms with E-state index >= 15 is 0 Å². The van der Waals surface area contributed by atoms with Gasteiger partial charge in [0.15, 0.2) is 0 Å². The van der Waals surface area contributed by atoms with E-state index in [0.717, 1.165) is 51.0 Å². The van der Waals surface area contributed by atoms with E-state index in [9.17, 15) is 9.59 Å². The minimum Gasteiger partial charge on any atom is -0.331 e. The second-order valence-corrected chi connectivity index (χ2v) is 8.75. The number of aromatic nitrogens is 2. The van der Waals surface area contributed by atoms with E-state index in [0.29, 0.717) is 16.5 Å². The highest BCUT2D eigenvalue weighted by Gasteiger charge is 2.29. The number of carbonyl (C=O) groups excluding carboxylic acids is 1. The summed E-state index contributed by atoms with van der Waals surface area (Å²) < 4.78 is 1.82. The summed E-state index contributed by atoms with van der Waals surface area (Å²) in [5.74, 6) is 0.872. The summed E-state index contributed by atoms with van der Waals surface area (Å²) in [4.78, 5) is 34.2. The van der Waals surface area contributed by atoms with Crippen LogP contribution in [0.5, 0.6) is 0 Å². The third kappa shape index (κ3) is 2.78. The lowest BCUT2D eigenvalue weighted by Gasteiger charge is -2.33. The summed E-state index contributed by atoms with van der Waals surface area (Å²) in [6.45, 7) is 3.56. The van der Waals surface area contributed by atoms with Crippen LogP contribution in [0, 0.1) is 0 Å². The van der Waals surface area contributed by atoms with E-state index in [1.807, 2.05) is 9.47 Å². The molecular weight excluding hydrogens is 370 g/mol. The van der Waals surface area contributed by atoms with Gasteiger partial charge >= 0.3 is 0 Å². The molecule has 1 amide bonds. The molecule has 5 nitrogen and oxygen atoms in total. The molecule has 0 saturated carbocycles. The number of amides is 1. The first-order chi connectivity index (χ1) is 13.6. The average molecular weight is 394 g/mol. The summed E-state index contributed by atoms with van der Waals surface area (Å²) in [6, 6.07) is 7.57. The van der Waals surface area contributed by atoms with Gasteiger partial charge in [-0.2, -0.15) is 0 Å². The van der Waals surface area contributed by atoms with Crippen molar-refractivity contribution in [2.75, 3.05) is 6.54 Å². The molecule has 28 heavy (non-hydrogen) atoms. The van der Waals surface area contributed by atoms with Crippen LogP contribution >= 0.6 is 11.3 Å². The van der Waals surface area contributed by atoms with Gasteiger partial charge in [-0.05, 0) is 61.4 Å². The Balaban J connectivity index is 1.53. The number of benzene rings is 1. The molecule has 0 radical (unpaired) electrons. The van der Waals surface area contributed by atoms with Gasteiger partial charge in [0.25, 0.3) is 11.5 Å². The van der Waals surface area contributed by atoms with Crippen LogP contribution in [0.4, 0.5) is 0 Å². The van der Waals surface area contributed by atoms with Crippen LogP contribution in [0.25, 0.3) is 10.9 Å². The van der Waals surface area contributed by atoms with E-state index < -0.39 is 0 Å². The van der Waals surface area contributed by atoms with Gasteiger partial charge in [0.1, 0.15) is 5.82 Å². The maximum Gasteiger partial charge on any atom is 0.261 e. The highest BCUT2D eigenvalue weighted by Crippen LogP contribution is 2.33. The van der Waals surface area contributed by atoms with E-state index in [1.165, 1.54) is 10.4 Å². The van der Waals surface area contributed by atoms with Crippen LogP contribution in [0.15, 0.2) is 34.4 Å². The number of thiophene rings is 1. The summed E-state index contributed by atoms with van der Waals surface area (Å²) in [5.41, 5.74) is 2.54. The Bertz CT molecular complexity index is 1130. The maximum absolute atomic E-state index is 13.2. The summed E-state index contributed by atoms with van der Waals surface area (Å²) in [7, 11) is 0. The van der Waals surface area contributed by atoms with Gasteiger partial charge in [0.2, 0.25) is 0 Å². The predicted molar refractivity (Wildman–Crippen MR) is 111 cm³/mol. The lowest BCUT2D eigenvalue weighted by molar-refractivity contribution is 0.0679. The van der Waals surface area contributed by atoms with Gasteiger partial charge in [-0.3, -0.25) is 14.2 Å². The van der Waals surface area contributed by atoms with Crippen LogP contribution in [0.2, 0.25) is 0 Å². The highest BCUT2D eigenvalue weighted by atomic mass is 32.1. The number of hydrogen-bond acceptors (Lipinski definition) is 4. The Labute approximate surface area is 167 Å². The molecule has 0 unspecified atom stereocenters. The standard InChI is InChI=1S/C22H23N3O2S/c1-14-16-9-12-28-19(16)8-11-24(14)21(26)15-6-7-17-18(13-15)23-20-5-3-2-4-10-25(20)22(17)27/h6-7,9,12-14H,2-5,8,10-11H2,1H3/t14-/m0/s1. The van der Waals surface area contributed by atoms with Crippen molar-refractivity contribution < 1.29 is 4.79 Å². The van der Waals surface area contributed by atoms with Crippen LogP contribution in [-0.4, -0.2) is 26.9 Å². The Morgan fingerprint density at radius 2 is 2.04 bits per heavy atom. The first-order valence-electron chi connectivity index (χ1n) is 10.0. The minimum absolute atomic E-state index is 0.0168. The van der Waals surface area contributed by atoms with Crippen molar-refractivity contribution in [3.05, 3.63) is 61.8 Å². The molecule has 0 bridgehead atoms. The van der Waals surface area contributed by atoms with E-state index in [2.05, 4.69) is 18.4 Å². The van der Waals surface area contributed by atoms with Crippen LogP contribution < -0.4 is 5.56 Å². The summed E-state index contributed by atoms with van der Waals surface area (Å²) >= 11 is 1.77. The SMILES string of the molecule is C[C@H]1c2ccsc2CCN1C(=O)c1ccc2c(=O)n3c(nc2c1)CCCCC3. The Morgan fingerprint density at radius 3 is 2.93 bits per heavy atom. The van der Waals surface area contributed by atoms with E-state index in [4.69, 9.17) is 4.98 Å². The number of rotatable bonds is 1. The van der Waals surface area contributed by atoms with Gasteiger partial charge in [-0.1, -0.05) is 6.42 Å². The van der Waals surface area contributed by atoms with E-state index in [1.54, 1.807) is 29.5 Å². The monoisotopic (exact) mass is 393 g/mol. The zero-order valence-corrected chi connectivity index (χ0v) is 16.8. The molecule has 0 spiro atoms. The molecule has 2 aliphatic rings. The Morgan fingerprint density at radius 1 is 1.14 bits per heavy atom. The minimum atomic E-state index is 0.0168. The second kappa shape index (κ2) is 6.85. The number of aryl methyl sites for hydroxylation is 1. The normalized spacial score (nSPS) is 19.2. The van der Waals surface area contributed by atoms with Gasteiger partial charge in [-0.15, -0.1) is 11.3 Å². The fourth-order valence-corrected chi connectivity index (χ4v) is 5.47. The zero-order valence-electron chi connectivity index (χ0n) is 16.0. The van der Waals surface area contributed by atoms with Gasteiger partial charge < -0.3 is 4.90 Å².